The maximum absolute atomic E-state index is 12.3. The van der Waals surface area contributed by atoms with Crippen LogP contribution in [0.1, 0.15) is 90.0 Å². The van der Waals surface area contributed by atoms with Gasteiger partial charge in [-0.15, -0.1) is 0 Å². The van der Waals surface area contributed by atoms with E-state index in [1.54, 1.807) is 6.20 Å². The van der Waals surface area contributed by atoms with E-state index in [0.717, 1.165) is 49.9 Å². The minimum absolute atomic E-state index is 0.0244. The van der Waals surface area contributed by atoms with Crippen LogP contribution in [-0.4, -0.2) is 40.1 Å². The summed E-state index contributed by atoms with van der Waals surface area (Å²) >= 11 is 0. The van der Waals surface area contributed by atoms with E-state index in [-0.39, 0.29) is 24.6 Å². The van der Waals surface area contributed by atoms with E-state index < -0.39 is 0 Å². The molecule has 1 saturated heterocycles. The number of aliphatic hydroxyl groups is 1. The molecule has 0 aliphatic carbocycles. The maximum atomic E-state index is 12.3. The zero-order chi connectivity index (χ0) is 22.1. The molecule has 2 aromatic heterocycles. The van der Waals surface area contributed by atoms with Crippen LogP contribution in [0, 0.1) is 0 Å². The van der Waals surface area contributed by atoms with Crippen LogP contribution in [0.25, 0.3) is 11.1 Å². The molecule has 7 nitrogen and oxygen atoms in total. The van der Waals surface area contributed by atoms with Gasteiger partial charge in [0.1, 0.15) is 12.0 Å². The van der Waals surface area contributed by atoms with Crippen LogP contribution < -0.4 is 5.69 Å². The van der Waals surface area contributed by atoms with Crippen molar-refractivity contribution in [3.63, 3.8) is 0 Å². The molecule has 1 fully saturated rings. The van der Waals surface area contributed by atoms with E-state index in [2.05, 4.69) is 18.8 Å². The molecule has 31 heavy (non-hydrogen) atoms. The normalized spacial score (nSPS) is 20.0. The zero-order valence-corrected chi connectivity index (χ0v) is 19.1. The zero-order valence-electron chi connectivity index (χ0n) is 19.1. The van der Waals surface area contributed by atoms with Gasteiger partial charge in [-0.1, -0.05) is 39.0 Å². The topological polar surface area (TPSA) is 86.7 Å². The number of aryl methyl sites for hydroxylation is 1. The highest BCUT2D eigenvalue weighted by Gasteiger charge is 2.27. The monoisotopic (exact) mass is 434 g/mol. The Morgan fingerprint density at radius 2 is 1.94 bits per heavy atom. The molecule has 1 N–H and O–H groups in total. The summed E-state index contributed by atoms with van der Waals surface area (Å²) in [5.74, 6) is 0.877. The van der Waals surface area contributed by atoms with Crippen LogP contribution in [0.3, 0.4) is 0 Å². The highest BCUT2D eigenvalue weighted by molar-refractivity contribution is 5.72. The lowest BCUT2D eigenvalue weighted by molar-refractivity contribution is -0.0243. The average Bonchev–Trinajstić information content (AvgIpc) is 3.40. The van der Waals surface area contributed by atoms with E-state index in [9.17, 15) is 9.90 Å². The molecular formula is C24H38N2O5. The van der Waals surface area contributed by atoms with Crippen LogP contribution in [-0.2, 0) is 15.9 Å². The number of rotatable bonds is 14. The summed E-state index contributed by atoms with van der Waals surface area (Å²) in [5, 5.41) is 10.1. The summed E-state index contributed by atoms with van der Waals surface area (Å²) in [4.78, 5) is 16.4. The summed E-state index contributed by atoms with van der Waals surface area (Å²) in [6, 6.07) is 1.98. The number of unbranched alkanes of at least 4 members (excludes halogenated alkanes) is 6. The number of fused-ring (bicyclic) bond motifs is 1. The number of ether oxygens (including phenoxy) is 2. The molecule has 3 rings (SSSR count). The number of aliphatic hydroxyl groups excluding tert-OH is 1. The Bertz CT molecular complexity index is 846. The van der Waals surface area contributed by atoms with Crippen molar-refractivity contribution in [2.45, 2.75) is 103 Å². The van der Waals surface area contributed by atoms with E-state index in [0.29, 0.717) is 18.2 Å². The van der Waals surface area contributed by atoms with E-state index >= 15 is 0 Å². The van der Waals surface area contributed by atoms with Crippen molar-refractivity contribution in [1.29, 1.82) is 0 Å². The highest BCUT2D eigenvalue weighted by Crippen LogP contribution is 2.28. The Morgan fingerprint density at radius 3 is 2.65 bits per heavy atom. The van der Waals surface area contributed by atoms with Crippen molar-refractivity contribution in [3.05, 3.63) is 28.5 Å². The SMILES string of the molecule is CCC(C)OCCCCCCCCCc1cc2cn([C@@H]3CC[C@H](CO)O3)c(=O)nc2o1. The number of hydrogen-bond acceptors (Lipinski definition) is 6. The Hall–Kier alpha value is -1.70. The first kappa shape index (κ1) is 24.0. The van der Waals surface area contributed by atoms with E-state index in [1.807, 2.05) is 6.07 Å². The van der Waals surface area contributed by atoms with Crippen LogP contribution in [0.4, 0.5) is 0 Å². The quantitative estimate of drug-likeness (QED) is 0.432. The molecule has 3 atom stereocenters. The van der Waals surface area contributed by atoms with Gasteiger partial charge in [0, 0.05) is 19.2 Å². The number of hydrogen-bond donors (Lipinski definition) is 1. The van der Waals surface area contributed by atoms with E-state index in [4.69, 9.17) is 13.9 Å². The Balaban J connectivity index is 1.36. The fourth-order valence-corrected chi connectivity index (χ4v) is 4.02. The van der Waals surface area contributed by atoms with Gasteiger partial charge >= 0.3 is 5.69 Å². The molecule has 0 aromatic carbocycles. The average molecular weight is 435 g/mol. The van der Waals surface area contributed by atoms with Gasteiger partial charge < -0.3 is 19.0 Å². The number of aromatic nitrogens is 2. The molecule has 0 amide bonds. The Kier molecular flexibility index (Phi) is 9.55. The molecule has 174 valence electrons. The first-order valence-electron chi connectivity index (χ1n) is 12.0. The minimum atomic E-state index is -0.369. The molecule has 0 spiro atoms. The maximum Gasteiger partial charge on any atom is 0.353 e. The molecule has 7 heteroatoms. The molecule has 1 unspecified atom stereocenters. The summed E-state index contributed by atoms with van der Waals surface area (Å²) in [6.45, 7) is 5.15. The molecule has 3 heterocycles. The fraction of sp³-hybridized carbons (Fsp3) is 0.750. The van der Waals surface area contributed by atoms with Gasteiger partial charge in [-0.25, -0.2) is 4.79 Å². The fourth-order valence-electron chi connectivity index (χ4n) is 4.02. The third-order valence-corrected chi connectivity index (χ3v) is 6.13. The lowest BCUT2D eigenvalue weighted by Crippen LogP contribution is -2.27. The Morgan fingerprint density at radius 1 is 1.19 bits per heavy atom. The van der Waals surface area contributed by atoms with Crippen molar-refractivity contribution in [2.24, 2.45) is 0 Å². The third kappa shape index (κ3) is 7.16. The predicted octanol–water partition coefficient (Wildman–Crippen LogP) is 4.75. The van der Waals surface area contributed by atoms with Gasteiger partial charge in [0.05, 0.1) is 24.2 Å². The molecule has 2 aromatic rings. The van der Waals surface area contributed by atoms with Gasteiger partial charge in [0.15, 0.2) is 0 Å². The third-order valence-electron chi connectivity index (χ3n) is 6.13. The standard InChI is InChI=1S/C24H38N2O5/c1-3-18(2)29-14-10-8-6-4-5-7-9-11-20-15-19-16-26(24(28)25-23(19)31-20)22-13-12-21(17-27)30-22/h15-16,18,21-22,27H,3-14,17H2,1-2H3/t18?,21-,22+/m1/s1. The van der Waals surface area contributed by atoms with Crippen molar-refractivity contribution in [1.82, 2.24) is 9.55 Å². The summed E-state index contributed by atoms with van der Waals surface area (Å²) in [5.41, 5.74) is 0.0270. The van der Waals surface area contributed by atoms with Crippen LogP contribution >= 0.6 is 0 Å². The highest BCUT2D eigenvalue weighted by atomic mass is 16.5. The number of furan rings is 1. The van der Waals surface area contributed by atoms with Crippen molar-refractivity contribution < 1.29 is 19.0 Å². The first-order chi connectivity index (χ1) is 15.1. The van der Waals surface area contributed by atoms with Crippen LogP contribution in [0.5, 0.6) is 0 Å². The van der Waals surface area contributed by atoms with Crippen molar-refractivity contribution in [2.75, 3.05) is 13.2 Å². The molecular weight excluding hydrogens is 396 g/mol. The largest absolute Gasteiger partial charge is 0.443 e. The first-order valence-corrected chi connectivity index (χ1v) is 12.0. The molecule has 1 aliphatic rings. The molecule has 1 aliphatic heterocycles. The van der Waals surface area contributed by atoms with Crippen LogP contribution in [0.15, 0.2) is 21.5 Å². The second kappa shape index (κ2) is 12.4. The van der Waals surface area contributed by atoms with Gasteiger partial charge in [-0.2, -0.15) is 4.98 Å². The van der Waals surface area contributed by atoms with Crippen molar-refractivity contribution in [3.8, 4) is 0 Å². The smallest absolute Gasteiger partial charge is 0.353 e. The second-order valence-corrected chi connectivity index (χ2v) is 8.69. The molecule has 0 bridgehead atoms. The van der Waals surface area contributed by atoms with Crippen molar-refractivity contribution >= 4 is 11.1 Å². The van der Waals surface area contributed by atoms with E-state index in [1.165, 1.54) is 36.7 Å². The summed E-state index contributed by atoms with van der Waals surface area (Å²) < 4.78 is 18.7. The predicted molar refractivity (Wildman–Crippen MR) is 120 cm³/mol. The number of nitrogens with zero attached hydrogens (tertiary/aromatic N) is 2. The Labute approximate surface area is 184 Å². The second-order valence-electron chi connectivity index (χ2n) is 8.69. The van der Waals surface area contributed by atoms with Gasteiger partial charge in [-0.05, 0) is 45.1 Å². The summed E-state index contributed by atoms with van der Waals surface area (Å²) in [6.07, 6.45) is 13.4. The van der Waals surface area contributed by atoms with Gasteiger partial charge in [0.2, 0.25) is 5.71 Å². The summed E-state index contributed by atoms with van der Waals surface area (Å²) in [7, 11) is 0. The minimum Gasteiger partial charge on any atom is -0.443 e. The van der Waals surface area contributed by atoms with Gasteiger partial charge in [0.25, 0.3) is 0 Å². The van der Waals surface area contributed by atoms with Gasteiger partial charge in [-0.3, -0.25) is 4.57 Å². The van der Waals surface area contributed by atoms with Crippen LogP contribution in [0.2, 0.25) is 0 Å². The molecule has 0 saturated carbocycles. The lowest BCUT2D eigenvalue weighted by Gasteiger charge is -2.14. The lowest BCUT2D eigenvalue weighted by atomic mass is 10.1. The molecule has 0 radical (unpaired) electrons.